The molecule has 2 amide bonds. The molecule has 2 aliphatic heterocycles. The monoisotopic (exact) mass is 194 g/mol. The molecular formula is C10H14N2O2. The third-order valence-electron chi connectivity index (χ3n) is 3.00. The fraction of sp³-hybridized carbons (Fsp3) is 0.600. The molecule has 2 rings (SSSR count). The molecule has 0 aliphatic carbocycles. The molecule has 4 heteroatoms. The second kappa shape index (κ2) is 3.44. The number of nitrogens with one attached hydrogen (secondary N) is 1. The minimum atomic E-state index is -0.0472. The van der Waals surface area contributed by atoms with Crippen LogP contribution in [0.15, 0.2) is 12.7 Å². The van der Waals surface area contributed by atoms with Crippen molar-refractivity contribution in [1.82, 2.24) is 10.2 Å². The first-order valence-corrected chi connectivity index (χ1v) is 4.94. The molecule has 1 N–H and O–H groups in total. The van der Waals surface area contributed by atoms with E-state index in [1.165, 1.54) is 6.08 Å². The topological polar surface area (TPSA) is 49.4 Å². The summed E-state index contributed by atoms with van der Waals surface area (Å²) in [4.78, 5) is 24.6. The molecule has 0 saturated carbocycles. The first kappa shape index (κ1) is 9.24. The molecule has 0 aromatic rings. The molecular weight excluding hydrogens is 180 g/mol. The molecule has 2 atom stereocenters. The Morgan fingerprint density at radius 3 is 2.93 bits per heavy atom. The predicted molar refractivity (Wildman–Crippen MR) is 51.5 cm³/mol. The van der Waals surface area contributed by atoms with Gasteiger partial charge in [0.2, 0.25) is 11.8 Å². The maximum absolute atomic E-state index is 11.6. The van der Waals surface area contributed by atoms with Gasteiger partial charge < -0.3 is 10.2 Å². The number of amides is 2. The van der Waals surface area contributed by atoms with Gasteiger partial charge in [0.1, 0.15) is 0 Å². The molecule has 0 spiro atoms. The Hall–Kier alpha value is -1.32. The zero-order valence-corrected chi connectivity index (χ0v) is 8.03. The highest BCUT2D eigenvalue weighted by Gasteiger charge is 2.39. The lowest BCUT2D eigenvalue weighted by molar-refractivity contribution is -0.128. The Balaban J connectivity index is 2.20. The summed E-state index contributed by atoms with van der Waals surface area (Å²) in [6, 6.07) is 0.268. The van der Waals surface area contributed by atoms with Crippen LogP contribution in [0.1, 0.15) is 19.3 Å². The lowest BCUT2D eigenvalue weighted by Crippen LogP contribution is -2.41. The van der Waals surface area contributed by atoms with Gasteiger partial charge in [-0.3, -0.25) is 9.59 Å². The van der Waals surface area contributed by atoms with E-state index in [1.54, 1.807) is 0 Å². The van der Waals surface area contributed by atoms with Gasteiger partial charge in [0.15, 0.2) is 0 Å². The van der Waals surface area contributed by atoms with Crippen LogP contribution in [0, 0.1) is 0 Å². The van der Waals surface area contributed by atoms with E-state index >= 15 is 0 Å². The van der Waals surface area contributed by atoms with Crippen molar-refractivity contribution in [2.45, 2.75) is 31.3 Å². The predicted octanol–water partition coefficient (Wildman–Crippen LogP) is 0.0519. The summed E-state index contributed by atoms with van der Waals surface area (Å²) < 4.78 is 0. The lowest BCUT2D eigenvalue weighted by atomic mass is 10.1. The van der Waals surface area contributed by atoms with Gasteiger partial charge in [0.05, 0.1) is 0 Å². The number of carbonyl (C=O) groups is 2. The Morgan fingerprint density at radius 2 is 2.21 bits per heavy atom. The smallest absolute Gasteiger partial charge is 0.246 e. The highest BCUT2D eigenvalue weighted by molar-refractivity contribution is 5.89. The summed E-state index contributed by atoms with van der Waals surface area (Å²) >= 11 is 0. The number of fused-ring (bicyclic) bond motifs is 2. The number of nitrogens with zero attached hydrogens (tertiary/aromatic N) is 1. The van der Waals surface area contributed by atoms with Crippen LogP contribution >= 0.6 is 0 Å². The first-order chi connectivity index (χ1) is 6.72. The van der Waals surface area contributed by atoms with E-state index in [2.05, 4.69) is 11.9 Å². The van der Waals surface area contributed by atoms with Gasteiger partial charge in [-0.1, -0.05) is 6.58 Å². The maximum Gasteiger partial charge on any atom is 0.246 e. The number of hydrogen-bond acceptors (Lipinski definition) is 2. The number of rotatable bonds is 1. The molecule has 14 heavy (non-hydrogen) atoms. The Bertz CT molecular complexity index is 288. The Labute approximate surface area is 83.0 Å². The lowest BCUT2D eigenvalue weighted by Gasteiger charge is -2.25. The van der Waals surface area contributed by atoms with E-state index < -0.39 is 0 Å². The average molecular weight is 194 g/mol. The van der Waals surface area contributed by atoms with Crippen molar-refractivity contribution in [3.8, 4) is 0 Å². The summed E-state index contributed by atoms with van der Waals surface area (Å²) in [5, 5.41) is 2.82. The van der Waals surface area contributed by atoms with Crippen molar-refractivity contribution in [2.24, 2.45) is 0 Å². The standard InChI is InChI=1S/C10H14N2O2/c1-2-10(14)12-7-3-4-8(12)6-11-9(13)5-7/h2,7-8H,1,3-6H2,(H,11,13). The SMILES string of the molecule is C=CC(=O)N1C2CCC1CC(=O)NC2. The van der Waals surface area contributed by atoms with E-state index in [0.29, 0.717) is 13.0 Å². The van der Waals surface area contributed by atoms with Crippen LogP contribution in [0.25, 0.3) is 0 Å². The summed E-state index contributed by atoms with van der Waals surface area (Å²) in [5.74, 6) is 0.00747. The Morgan fingerprint density at radius 1 is 1.50 bits per heavy atom. The molecule has 0 aromatic heterocycles. The second-order valence-corrected chi connectivity index (χ2v) is 3.84. The normalized spacial score (nSPS) is 30.9. The second-order valence-electron chi connectivity index (χ2n) is 3.84. The van der Waals surface area contributed by atoms with Crippen LogP contribution in [-0.2, 0) is 9.59 Å². The molecule has 0 aromatic carbocycles. The van der Waals surface area contributed by atoms with Gasteiger partial charge >= 0.3 is 0 Å². The summed E-state index contributed by atoms with van der Waals surface area (Å²) in [6.45, 7) is 4.08. The van der Waals surface area contributed by atoms with E-state index in [9.17, 15) is 9.59 Å². The first-order valence-electron chi connectivity index (χ1n) is 4.94. The van der Waals surface area contributed by atoms with Crippen molar-refractivity contribution in [3.63, 3.8) is 0 Å². The van der Waals surface area contributed by atoms with Crippen molar-refractivity contribution in [1.29, 1.82) is 0 Å². The fourth-order valence-corrected chi connectivity index (χ4v) is 2.35. The van der Waals surface area contributed by atoms with Crippen LogP contribution in [0.4, 0.5) is 0 Å². The largest absolute Gasteiger partial charge is 0.354 e. The minimum Gasteiger partial charge on any atom is -0.354 e. The molecule has 2 fully saturated rings. The summed E-state index contributed by atoms with van der Waals surface area (Å²) in [6.07, 6.45) is 3.71. The van der Waals surface area contributed by atoms with Crippen LogP contribution in [-0.4, -0.2) is 35.3 Å². The minimum absolute atomic E-state index is 0.0472. The fourth-order valence-electron chi connectivity index (χ4n) is 2.35. The summed E-state index contributed by atoms with van der Waals surface area (Å²) in [7, 11) is 0. The van der Waals surface area contributed by atoms with Crippen LogP contribution in [0.3, 0.4) is 0 Å². The molecule has 2 bridgehead atoms. The van der Waals surface area contributed by atoms with Gasteiger partial charge in [-0.15, -0.1) is 0 Å². The highest BCUT2D eigenvalue weighted by atomic mass is 16.2. The maximum atomic E-state index is 11.6. The molecule has 0 radical (unpaired) electrons. The molecule has 2 saturated heterocycles. The van der Waals surface area contributed by atoms with Crippen molar-refractivity contribution in [3.05, 3.63) is 12.7 Å². The van der Waals surface area contributed by atoms with Crippen molar-refractivity contribution < 1.29 is 9.59 Å². The van der Waals surface area contributed by atoms with E-state index in [0.717, 1.165) is 12.8 Å². The highest BCUT2D eigenvalue weighted by Crippen LogP contribution is 2.28. The molecule has 4 nitrogen and oxygen atoms in total. The quantitative estimate of drug-likeness (QED) is 0.600. The van der Waals surface area contributed by atoms with Crippen LogP contribution in [0.2, 0.25) is 0 Å². The van der Waals surface area contributed by atoms with E-state index in [1.807, 2.05) is 4.90 Å². The van der Waals surface area contributed by atoms with E-state index in [4.69, 9.17) is 0 Å². The molecule has 2 aliphatic rings. The van der Waals surface area contributed by atoms with E-state index in [-0.39, 0.29) is 23.9 Å². The Kier molecular flexibility index (Phi) is 2.27. The van der Waals surface area contributed by atoms with Gasteiger partial charge in [0, 0.05) is 25.0 Å². The summed E-state index contributed by atoms with van der Waals surface area (Å²) in [5.41, 5.74) is 0. The third-order valence-corrected chi connectivity index (χ3v) is 3.00. The van der Waals surface area contributed by atoms with Crippen molar-refractivity contribution >= 4 is 11.8 Å². The van der Waals surface area contributed by atoms with Crippen molar-refractivity contribution in [2.75, 3.05) is 6.54 Å². The zero-order chi connectivity index (χ0) is 10.1. The molecule has 2 heterocycles. The van der Waals surface area contributed by atoms with Gasteiger partial charge in [-0.25, -0.2) is 0 Å². The number of carbonyl (C=O) groups excluding carboxylic acids is 2. The number of hydrogen-bond donors (Lipinski definition) is 1. The third kappa shape index (κ3) is 1.41. The average Bonchev–Trinajstić information content (AvgIpc) is 2.47. The van der Waals surface area contributed by atoms with Crippen LogP contribution < -0.4 is 5.32 Å². The molecule has 76 valence electrons. The van der Waals surface area contributed by atoms with Gasteiger partial charge in [0.25, 0.3) is 0 Å². The van der Waals surface area contributed by atoms with Gasteiger partial charge in [-0.05, 0) is 18.9 Å². The van der Waals surface area contributed by atoms with Crippen LogP contribution in [0.5, 0.6) is 0 Å². The molecule has 2 unspecified atom stereocenters. The van der Waals surface area contributed by atoms with Gasteiger partial charge in [-0.2, -0.15) is 0 Å². The zero-order valence-electron chi connectivity index (χ0n) is 8.03.